The van der Waals surface area contributed by atoms with Gasteiger partial charge in [-0.25, -0.2) is 4.98 Å². The number of carbonyl (C=O) groups is 2. The Morgan fingerprint density at radius 2 is 1.88 bits per heavy atom. The first-order valence-corrected chi connectivity index (χ1v) is 10.6. The van der Waals surface area contributed by atoms with E-state index in [1.165, 1.54) is 30.5 Å². The summed E-state index contributed by atoms with van der Waals surface area (Å²) in [7, 11) is 0. The molecule has 0 radical (unpaired) electrons. The highest BCUT2D eigenvalue weighted by Gasteiger charge is 2.40. The van der Waals surface area contributed by atoms with Gasteiger partial charge in [0.2, 0.25) is 5.89 Å². The number of amides is 2. The highest BCUT2D eigenvalue weighted by molar-refractivity contribution is 5.92. The number of hydrogen-bond acceptors (Lipinski definition) is 5. The van der Waals surface area contributed by atoms with Crippen LogP contribution in [0.15, 0.2) is 65.3 Å². The molecule has 0 saturated carbocycles. The zero-order valence-corrected chi connectivity index (χ0v) is 17.7. The van der Waals surface area contributed by atoms with Crippen LogP contribution in [0.25, 0.3) is 11.5 Å². The lowest BCUT2D eigenvalue weighted by atomic mass is 10.1. The minimum Gasteiger partial charge on any atom is -0.444 e. The van der Waals surface area contributed by atoms with Crippen molar-refractivity contribution in [1.29, 1.82) is 0 Å². The maximum Gasteiger partial charge on any atom is 0.349 e. The number of likely N-dealkylation sites (tertiary alicyclic amines) is 1. The molecular weight excluding hydrogens is 432 g/mol. The average Bonchev–Trinajstić information content (AvgIpc) is 3.33. The molecule has 1 unspecified atom stereocenters. The van der Waals surface area contributed by atoms with Gasteiger partial charge in [0.25, 0.3) is 11.8 Å². The number of halogens is 2. The van der Waals surface area contributed by atoms with Crippen LogP contribution in [0.2, 0.25) is 0 Å². The first kappa shape index (κ1) is 22.6. The molecule has 172 valence electrons. The standard InChI is InChI=1S/C24H23F2N3O4/c25-24(26,18-5-2-1-3-6-18)23(32)27-13-16-8-10-17(11-9-16)21-28-20(15-33-21)22(31)29-12-4-7-19(30)14-29/h1-3,5-6,8-11,15,19,30H,4,7,12-14H2,(H,27,32). The summed E-state index contributed by atoms with van der Waals surface area (Å²) in [5, 5.41) is 12.0. The maximum atomic E-state index is 14.3. The van der Waals surface area contributed by atoms with E-state index in [1.54, 1.807) is 35.2 Å². The van der Waals surface area contributed by atoms with Crippen molar-refractivity contribution in [2.45, 2.75) is 31.4 Å². The number of β-amino-alcohol motifs (C(OH)–C–C–N with tert-alkyl or cyclic N) is 1. The molecule has 1 aromatic heterocycles. The molecule has 1 saturated heterocycles. The van der Waals surface area contributed by atoms with Gasteiger partial charge in [-0.15, -0.1) is 0 Å². The number of alkyl halides is 2. The van der Waals surface area contributed by atoms with E-state index in [9.17, 15) is 23.5 Å². The van der Waals surface area contributed by atoms with Gasteiger partial charge in [0.15, 0.2) is 5.69 Å². The van der Waals surface area contributed by atoms with Gasteiger partial charge in [-0.2, -0.15) is 8.78 Å². The van der Waals surface area contributed by atoms with Crippen LogP contribution in [-0.4, -0.2) is 46.0 Å². The fraction of sp³-hybridized carbons (Fsp3) is 0.292. The summed E-state index contributed by atoms with van der Waals surface area (Å²) >= 11 is 0. The number of nitrogens with zero attached hydrogens (tertiary/aromatic N) is 2. The van der Waals surface area contributed by atoms with Gasteiger partial charge >= 0.3 is 5.92 Å². The van der Waals surface area contributed by atoms with Crippen molar-refractivity contribution in [2.24, 2.45) is 0 Å². The zero-order valence-electron chi connectivity index (χ0n) is 17.7. The maximum absolute atomic E-state index is 14.3. The Morgan fingerprint density at radius 3 is 2.58 bits per heavy atom. The van der Waals surface area contributed by atoms with Crippen LogP contribution in [0.4, 0.5) is 8.78 Å². The van der Waals surface area contributed by atoms with Crippen molar-refractivity contribution >= 4 is 11.8 Å². The van der Waals surface area contributed by atoms with Gasteiger partial charge < -0.3 is 19.7 Å². The fourth-order valence-electron chi connectivity index (χ4n) is 3.64. The van der Waals surface area contributed by atoms with Crippen LogP contribution >= 0.6 is 0 Å². The van der Waals surface area contributed by atoms with Crippen LogP contribution in [0.5, 0.6) is 0 Å². The average molecular weight is 455 g/mol. The molecule has 9 heteroatoms. The molecule has 2 N–H and O–H groups in total. The lowest BCUT2D eigenvalue weighted by molar-refractivity contribution is -0.147. The Kier molecular flexibility index (Phi) is 6.50. The second kappa shape index (κ2) is 9.50. The number of oxazole rings is 1. The second-order valence-electron chi connectivity index (χ2n) is 7.91. The molecule has 0 bridgehead atoms. The van der Waals surface area contributed by atoms with E-state index in [4.69, 9.17) is 4.42 Å². The minimum absolute atomic E-state index is 0.0753. The molecule has 2 amide bonds. The number of nitrogens with one attached hydrogen (secondary N) is 1. The van der Waals surface area contributed by atoms with Crippen molar-refractivity contribution in [1.82, 2.24) is 15.2 Å². The predicted octanol–water partition coefficient (Wildman–Crippen LogP) is 3.35. The monoisotopic (exact) mass is 455 g/mol. The number of aromatic nitrogens is 1. The summed E-state index contributed by atoms with van der Waals surface area (Å²) in [5.41, 5.74) is 0.989. The molecule has 2 heterocycles. The molecule has 1 aliphatic heterocycles. The number of aliphatic hydroxyl groups is 1. The Hall–Kier alpha value is -3.59. The molecule has 4 rings (SSSR count). The lowest BCUT2D eigenvalue weighted by Gasteiger charge is -2.29. The molecular formula is C24H23F2N3O4. The summed E-state index contributed by atoms with van der Waals surface area (Å²) < 4.78 is 34.0. The Labute approximate surface area is 189 Å². The van der Waals surface area contributed by atoms with Crippen LogP contribution in [0.1, 0.15) is 34.5 Å². The van der Waals surface area contributed by atoms with E-state index in [1.807, 2.05) is 0 Å². The first-order chi connectivity index (χ1) is 15.8. The molecule has 0 aliphatic carbocycles. The third-order valence-electron chi connectivity index (χ3n) is 5.48. The fourth-order valence-corrected chi connectivity index (χ4v) is 3.64. The van der Waals surface area contributed by atoms with Gasteiger partial charge in [-0.3, -0.25) is 9.59 Å². The quantitative estimate of drug-likeness (QED) is 0.595. The molecule has 3 aromatic rings. The highest BCUT2D eigenvalue weighted by atomic mass is 19.3. The predicted molar refractivity (Wildman–Crippen MR) is 115 cm³/mol. The van der Waals surface area contributed by atoms with Gasteiger partial charge in [0.1, 0.15) is 6.26 Å². The second-order valence-corrected chi connectivity index (χ2v) is 7.91. The van der Waals surface area contributed by atoms with Crippen LogP contribution < -0.4 is 5.32 Å². The number of aliphatic hydroxyl groups excluding tert-OH is 1. The number of benzene rings is 2. The third kappa shape index (κ3) is 5.09. The Morgan fingerprint density at radius 1 is 1.15 bits per heavy atom. The molecule has 2 aromatic carbocycles. The van der Waals surface area contributed by atoms with E-state index >= 15 is 0 Å². The van der Waals surface area contributed by atoms with Crippen molar-refractivity contribution < 1.29 is 27.9 Å². The molecule has 0 spiro atoms. The summed E-state index contributed by atoms with van der Waals surface area (Å²) in [4.78, 5) is 30.4. The van der Waals surface area contributed by atoms with Crippen molar-refractivity contribution in [3.05, 3.63) is 77.7 Å². The SMILES string of the molecule is O=C(c1coc(-c2ccc(CNC(=O)C(F)(F)c3ccccc3)cc2)n1)N1CCCC(O)C1. The summed E-state index contributed by atoms with van der Waals surface area (Å²) in [6, 6.07) is 13.6. The number of rotatable bonds is 6. The molecule has 1 atom stereocenters. The largest absolute Gasteiger partial charge is 0.444 e. The summed E-state index contributed by atoms with van der Waals surface area (Å²) in [6.45, 7) is 0.751. The lowest BCUT2D eigenvalue weighted by Crippen LogP contribution is -2.42. The van der Waals surface area contributed by atoms with Crippen molar-refractivity contribution in [2.75, 3.05) is 13.1 Å². The van der Waals surface area contributed by atoms with E-state index in [0.29, 0.717) is 24.1 Å². The molecule has 1 fully saturated rings. The number of piperidine rings is 1. The third-order valence-corrected chi connectivity index (χ3v) is 5.48. The topological polar surface area (TPSA) is 95.7 Å². The summed E-state index contributed by atoms with van der Waals surface area (Å²) in [6.07, 6.45) is 2.14. The highest BCUT2D eigenvalue weighted by Crippen LogP contribution is 2.28. The van der Waals surface area contributed by atoms with Crippen molar-refractivity contribution in [3.8, 4) is 11.5 Å². The molecule has 33 heavy (non-hydrogen) atoms. The van der Waals surface area contributed by atoms with E-state index < -0.39 is 17.9 Å². The smallest absolute Gasteiger partial charge is 0.349 e. The van der Waals surface area contributed by atoms with Crippen LogP contribution in [0.3, 0.4) is 0 Å². The van der Waals surface area contributed by atoms with Gasteiger partial charge in [0, 0.05) is 30.8 Å². The molecule has 7 nitrogen and oxygen atoms in total. The van der Waals surface area contributed by atoms with Gasteiger partial charge in [-0.05, 0) is 30.5 Å². The van der Waals surface area contributed by atoms with E-state index in [2.05, 4.69) is 10.3 Å². The first-order valence-electron chi connectivity index (χ1n) is 10.6. The molecule has 1 aliphatic rings. The number of carbonyl (C=O) groups excluding carboxylic acids is 2. The van der Waals surface area contributed by atoms with E-state index in [0.717, 1.165) is 6.42 Å². The summed E-state index contributed by atoms with van der Waals surface area (Å²) in [5.74, 6) is -5.08. The minimum atomic E-state index is -3.63. The van der Waals surface area contributed by atoms with Crippen LogP contribution in [0, 0.1) is 0 Å². The van der Waals surface area contributed by atoms with Gasteiger partial charge in [0.05, 0.1) is 6.10 Å². The van der Waals surface area contributed by atoms with E-state index in [-0.39, 0.29) is 36.1 Å². The zero-order chi connectivity index (χ0) is 23.4. The normalized spacial score (nSPS) is 16.5. The van der Waals surface area contributed by atoms with Crippen molar-refractivity contribution in [3.63, 3.8) is 0 Å². The Bertz CT molecular complexity index is 1120. The Balaban J connectivity index is 1.37. The van der Waals surface area contributed by atoms with Gasteiger partial charge in [-0.1, -0.05) is 42.5 Å². The van der Waals surface area contributed by atoms with Crippen LogP contribution in [-0.2, 0) is 17.3 Å². The number of hydrogen-bond donors (Lipinski definition) is 2.